The lowest BCUT2D eigenvalue weighted by Crippen LogP contribution is -2.39. The van der Waals surface area contributed by atoms with Gasteiger partial charge in [-0.1, -0.05) is 23.5 Å². The van der Waals surface area contributed by atoms with Crippen LogP contribution in [0, 0.1) is 7.14 Å². The number of aromatic hydroxyl groups is 1. The van der Waals surface area contributed by atoms with Crippen molar-refractivity contribution < 1.29 is 19.4 Å². The first-order valence-electron chi connectivity index (χ1n) is 10.9. The van der Waals surface area contributed by atoms with E-state index in [1.165, 1.54) is 11.3 Å². The number of aromatic nitrogens is 1. The van der Waals surface area contributed by atoms with Crippen molar-refractivity contribution in [3.8, 4) is 11.5 Å². The monoisotopic (exact) mass is 716 g/mol. The Bertz CT molecular complexity index is 1480. The molecule has 1 aliphatic heterocycles. The van der Waals surface area contributed by atoms with Crippen LogP contribution in [0.25, 0.3) is 6.08 Å². The highest BCUT2D eigenvalue weighted by Gasteiger charge is 2.33. The summed E-state index contributed by atoms with van der Waals surface area (Å²) < 4.78 is 14.3. The molecule has 1 atom stereocenters. The first-order chi connectivity index (χ1) is 16.7. The highest BCUT2D eigenvalue weighted by Crippen LogP contribution is 2.32. The normalized spacial score (nSPS) is 15.6. The number of allylic oxidation sites excluding steroid dienone is 1. The predicted molar refractivity (Wildman–Crippen MR) is 152 cm³/mol. The summed E-state index contributed by atoms with van der Waals surface area (Å²) in [6.45, 7) is 6.17. The molecule has 0 saturated heterocycles. The number of nitrogens with zero attached hydrogens (tertiary/aromatic N) is 2. The number of hydrogen-bond acceptors (Lipinski definition) is 7. The van der Waals surface area contributed by atoms with Crippen LogP contribution in [0.4, 0.5) is 0 Å². The molecule has 4 rings (SSSR count). The Kier molecular flexibility index (Phi) is 8.01. The molecule has 7 nitrogen and oxygen atoms in total. The summed E-state index contributed by atoms with van der Waals surface area (Å²) in [5.74, 6) is 0.429. The van der Waals surface area contributed by atoms with Crippen LogP contribution in [0.3, 0.4) is 0 Å². The number of carbonyl (C=O) groups is 1. The van der Waals surface area contributed by atoms with E-state index in [0.717, 1.165) is 11.1 Å². The van der Waals surface area contributed by atoms with Crippen molar-refractivity contribution in [2.75, 3.05) is 13.2 Å². The van der Waals surface area contributed by atoms with Crippen molar-refractivity contribution >= 4 is 68.6 Å². The number of thiazole rings is 1. The number of hydrogen-bond donors (Lipinski definition) is 1. The Morgan fingerprint density at radius 2 is 1.83 bits per heavy atom. The Morgan fingerprint density at radius 1 is 1.17 bits per heavy atom. The van der Waals surface area contributed by atoms with E-state index in [2.05, 4.69) is 50.2 Å². The minimum Gasteiger partial charge on any atom is -0.506 e. The second-order valence-corrected chi connectivity index (χ2v) is 11.0. The van der Waals surface area contributed by atoms with Crippen LogP contribution in [-0.4, -0.2) is 28.9 Å². The van der Waals surface area contributed by atoms with Gasteiger partial charge in [-0.15, -0.1) is 0 Å². The summed E-state index contributed by atoms with van der Waals surface area (Å²) in [7, 11) is 0. The summed E-state index contributed by atoms with van der Waals surface area (Å²) >= 11 is 5.39. The number of carbonyl (C=O) groups excluding carboxylic acids is 1. The zero-order chi connectivity index (χ0) is 25.3. The SMILES string of the molecule is CCOC(=O)C1=C(C)N=c2s/c(=C\c3cc(I)c(O)c(I)c3)c(=O)n2C1c1ccc(OCC)cc1. The fraction of sp³-hybridized carbons (Fsp3) is 0.240. The zero-order valence-corrected chi connectivity index (χ0v) is 24.3. The predicted octanol–water partition coefficient (Wildman–Crippen LogP) is 4.11. The van der Waals surface area contributed by atoms with Crippen molar-refractivity contribution in [3.63, 3.8) is 0 Å². The molecule has 2 aromatic carbocycles. The highest BCUT2D eigenvalue weighted by atomic mass is 127. The molecule has 0 radical (unpaired) electrons. The molecule has 1 aromatic heterocycles. The van der Waals surface area contributed by atoms with E-state index in [-0.39, 0.29) is 17.9 Å². The van der Waals surface area contributed by atoms with Crippen molar-refractivity contribution in [3.05, 3.63) is 85.6 Å². The van der Waals surface area contributed by atoms with Crippen LogP contribution in [0.2, 0.25) is 0 Å². The molecule has 0 fully saturated rings. The van der Waals surface area contributed by atoms with Crippen LogP contribution in [-0.2, 0) is 9.53 Å². The first kappa shape index (κ1) is 25.9. The van der Waals surface area contributed by atoms with Crippen molar-refractivity contribution in [1.29, 1.82) is 0 Å². The Morgan fingerprint density at radius 3 is 2.43 bits per heavy atom. The smallest absolute Gasteiger partial charge is 0.338 e. The maximum absolute atomic E-state index is 13.7. The number of fused-ring (bicyclic) bond motifs is 1. The molecule has 0 amide bonds. The Balaban J connectivity index is 1.92. The lowest BCUT2D eigenvalue weighted by molar-refractivity contribution is -0.139. The van der Waals surface area contributed by atoms with Gasteiger partial charge in [0, 0.05) is 0 Å². The molecular formula is C25H22I2N2O5S. The minimum atomic E-state index is -0.678. The van der Waals surface area contributed by atoms with E-state index in [9.17, 15) is 14.7 Å². The third-order valence-electron chi connectivity index (χ3n) is 5.36. The van der Waals surface area contributed by atoms with Gasteiger partial charge < -0.3 is 14.6 Å². The average molecular weight is 716 g/mol. The van der Waals surface area contributed by atoms with Crippen LogP contribution < -0.4 is 19.6 Å². The summed E-state index contributed by atoms with van der Waals surface area (Å²) in [6.07, 6.45) is 1.78. The molecule has 0 spiro atoms. The number of phenols is 1. The van der Waals surface area contributed by atoms with E-state index in [1.54, 1.807) is 24.5 Å². The second kappa shape index (κ2) is 10.8. The number of rotatable bonds is 6. The molecule has 3 aromatic rings. The summed E-state index contributed by atoms with van der Waals surface area (Å²) in [5.41, 5.74) is 2.15. The lowest BCUT2D eigenvalue weighted by Gasteiger charge is -2.24. The van der Waals surface area contributed by atoms with Gasteiger partial charge in [0.05, 0.1) is 42.2 Å². The van der Waals surface area contributed by atoms with Gasteiger partial charge in [0.25, 0.3) is 5.56 Å². The largest absolute Gasteiger partial charge is 0.506 e. The second-order valence-electron chi connectivity index (χ2n) is 7.64. The number of ether oxygens (including phenoxy) is 2. The number of benzene rings is 2. The molecule has 2 heterocycles. The van der Waals surface area contributed by atoms with Crippen LogP contribution >= 0.6 is 56.5 Å². The quantitative estimate of drug-likeness (QED) is 0.307. The van der Waals surface area contributed by atoms with E-state index >= 15 is 0 Å². The maximum Gasteiger partial charge on any atom is 0.338 e. The van der Waals surface area contributed by atoms with Crippen molar-refractivity contribution in [1.82, 2.24) is 4.57 Å². The van der Waals surface area contributed by atoms with E-state index in [1.807, 2.05) is 43.3 Å². The van der Waals surface area contributed by atoms with Gasteiger partial charge >= 0.3 is 5.97 Å². The zero-order valence-electron chi connectivity index (χ0n) is 19.2. The number of esters is 1. The molecule has 1 N–H and O–H groups in total. The van der Waals surface area contributed by atoms with Crippen LogP contribution in [0.15, 0.2) is 57.5 Å². The average Bonchev–Trinajstić information content (AvgIpc) is 3.11. The van der Waals surface area contributed by atoms with E-state index in [4.69, 9.17) is 9.47 Å². The molecule has 0 saturated carbocycles. The van der Waals surface area contributed by atoms with Gasteiger partial charge in [-0.2, -0.15) is 0 Å². The van der Waals surface area contributed by atoms with Gasteiger partial charge in [0.15, 0.2) is 4.80 Å². The molecule has 10 heteroatoms. The first-order valence-corrected chi connectivity index (χ1v) is 13.8. The fourth-order valence-electron chi connectivity index (χ4n) is 3.84. The van der Waals surface area contributed by atoms with E-state index in [0.29, 0.717) is 40.1 Å². The van der Waals surface area contributed by atoms with Gasteiger partial charge in [0.1, 0.15) is 11.5 Å². The molecule has 1 unspecified atom stereocenters. The number of halogens is 2. The standard InChI is InChI=1S/C25H22I2N2O5S/c1-4-33-16-8-6-15(7-9-16)21-20(24(32)34-5-2)13(3)28-25-29(21)23(31)19(35-25)12-14-10-17(26)22(30)18(27)11-14/h6-12,21,30H,4-5H2,1-3H3/b19-12-. The molecule has 35 heavy (non-hydrogen) atoms. The van der Waals surface area contributed by atoms with Gasteiger partial charge in [0.2, 0.25) is 0 Å². The molecule has 182 valence electrons. The lowest BCUT2D eigenvalue weighted by atomic mass is 9.96. The molecule has 0 bridgehead atoms. The minimum absolute atomic E-state index is 0.216. The number of phenolic OH excluding ortho intramolecular Hbond substituents is 1. The summed E-state index contributed by atoms with van der Waals surface area (Å²) in [4.78, 5) is 31.8. The fourth-order valence-corrected chi connectivity index (χ4v) is 6.70. The third kappa shape index (κ3) is 5.19. The van der Waals surface area contributed by atoms with Gasteiger partial charge in [-0.25, -0.2) is 9.79 Å². The van der Waals surface area contributed by atoms with Crippen molar-refractivity contribution in [2.45, 2.75) is 26.8 Å². The van der Waals surface area contributed by atoms with Gasteiger partial charge in [-0.05, 0) is 107 Å². The van der Waals surface area contributed by atoms with Crippen LogP contribution in [0.1, 0.15) is 37.9 Å². The Hall–Kier alpha value is -2.19. The van der Waals surface area contributed by atoms with E-state index < -0.39 is 12.0 Å². The topological polar surface area (TPSA) is 90.1 Å². The van der Waals surface area contributed by atoms with Gasteiger partial charge in [-0.3, -0.25) is 9.36 Å². The van der Waals surface area contributed by atoms with Crippen molar-refractivity contribution in [2.24, 2.45) is 4.99 Å². The molecule has 0 aliphatic carbocycles. The molecule has 1 aliphatic rings. The maximum atomic E-state index is 13.7. The van der Waals surface area contributed by atoms with Crippen LogP contribution in [0.5, 0.6) is 11.5 Å². The summed E-state index contributed by atoms with van der Waals surface area (Å²) in [6, 6.07) is 10.3. The third-order valence-corrected chi connectivity index (χ3v) is 7.99. The molecular weight excluding hydrogens is 694 g/mol. The highest BCUT2D eigenvalue weighted by molar-refractivity contribution is 14.1. The Labute approximate surface area is 233 Å². The summed E-state index contributed by atoms with van der Waals surface area (Å²) in [5, 5.41) is 10.1.